The zero-order valence-corrected chi connectivity index (χ0v) is 9.07. The van der Waals surface area contributed by atoms with Gasteiger partial charge >= 0.3 is 0 Å². The Morgan fingerprint density at radius 3 is 3.07 bits per heavy atom. The average Bonchev–Trinajstić information content (AvgIpc) is 2.67. The lowest BCUT2D eigenvalue weighted by atomic mass is 10.0. The Labute approximate surface area is 90.8 Å². The standard InChI is InChI=1S/C10H9BrN2O/c11-8-1-2-9(13-6-8)10-7(5-12)3-4-14-10/h1-2,6-7,10H,3-4H2. The van der Waals surface area contributed by atoms with Gasteiger partial charge in [-0.2, -0.15) is 5.26 Å². The summed E-state index contributed by atoms with van der Waals surface area (Å²) in [7, 11) is 0. The van der Waals surface area contributed by atoms with Gasteiger partial charge in [-0.1, -0.05) is 0 Å². The minimum atomic E-state index is -0.145. The van der Waals surface area contributed by atoms with Crippen LogP contribution in [0, 0.1) is 17.2 Å². The van der Waals surface area contributed by atoms with Crippen LogP contribution in [0.3, 0.4) is 0 Å². The minimum Gasteiger partial charge on any atom is -0.370 e. The van der Waals surface area contributed by atoms with Crippen molar-refractivity contribution in [3.8, 4) is 6.07 Å². The third kappa shape index (κ3) is 1.79. The molecular formula is C10H9BrN2O. The molecule has 1 saturated heterocycles. The van der Waals surface area contributed by atoms with Crippen LogP contribution in [0.15, 0.2) is 22.8 Å². The molecule has 1 aliphatic rings. The van der Waals surface area contributed by atoms with Gasteiger partial charge in [0.1, 0.15) is 6.10 Å². The number of nitriles is 1. The molecule has 0 N–H and O–H groups in total. The van der Waals surface area contributed by atoms with Crippen molar-refractivity contribution in [2.24, 2.45) is 5.92 Å². The third-order valence-corrected chi connectivity index (χ3v) is 2.77. The van der Waals surface area contributed by atoms with Crippen LogP contribution in [0.25, 0.3) is 0 Å². The Morgan fingerprint density at radius 2 is 2.43 bits per heavy atom. The van der Waals surface area contributed by atoms with Gasteiger partial charge in [0.05, 0.1) is 17.7 Å². The molecule has 0 spiro atoms. The summed E-state index contributed by atoms with van der Waals surface area (Å²) in [5.41, 5.74) is 0.845. The molecule has 2 atom stereocenters. The predicted molar refractivity (Wildman–Crippen MR) is 54.4 cm³/mol. The van der Waals surface area contributed by atoms with Gasteiger partial charge in [0.25, 0.3) is 0 Å². The molecule has 1 aromatic heterocycles. The maximum Gasteiger partial charge on any atom is 0.115 e. The first kappa shape index (κ1) is 9.63. The topological polar surface area (TPSA) is 45.9 Å². The molecule has 0 bridgehead atoms. The van der Waals surface area contributed by atoms with E-state index in [-0.39, 0.29) is 12.0 Å². The van der Waals surface area contributed by atoms with Crippen molar-refractivity contribution in [1.82, 2.24) is 4.98 Å². The Morgan fingerprint density at radius 1 is 1.57 bits per heavy atom. The lowest BCUT2D eigenvalue weighted by Gasteiger charge is -2.11. The maximum absolute atomic E-state index is 8.89. The van der Waals surface area contributed by atoms with Crippen molar-refractivity contribution in [1.29, 1.82) is 5.26 Å². The van der Waals surface area contributed by atoms with Crippen LogP contribution in [0.5, 0.6) is 0 Å². The van der Waals surface area contributed by atoms with Crippen LogP contribution >= 0.6 is 15.9 Å². The van der Waals surface area contributed by atoms with E-state index in [0.29, 0.717) is 6.61 Å². The lowest BCUT2D eigenvalue weighted by Crippen LogP contribution is -2.06. The van der Waals surface area contributed by atoms with Crippen molar-refractivity contribution >= 4 is 15.9 Å². The Hall–Kier alpha value is -0.920. The summed E-state index contributed by atoms with van der Waals surface area (Å²) in [5.74, 6) is -0.0522. The molecule has 1 aromatic rings. The molecule has 14 heavy (non-hydrogen) atoms. The van der Waals surface area contributed by atoms with Gasteiger partial charge in [0, 0.05) is 17.3 Å². The molecule has 1 fully saturated rings. The van der Waals surface area contributed by atoms with E-state index in [1.165, 1.54) is 0 Å². The molecule has 1 aliphatic heterocycles. The zero-order chi connectivity index (χ0) is 9.97. The molecule has 0 aromatic carbocycles. The Balaban J connectivity index is 2.23. The van der Waals surface area contributed by atoms with Crippen LogP contribution < -0.4 is 0 Å². The average molecular weight is 253 g/mol. The number of halogens is 1. The fourth-order valence-corrected chi connectivity index (χ4v) is 1.80. The van der Waals surface area contributed by atoms with Crippen molar-refractivity contribution in [2.45, 2.75) is 12.5 Å². The van der Waals surface area contributed by atoms with E-state index in [4.69, 9.17) is 10.00 Å². The Bertz CT molecular complexity index is 357. The number of hydrogen-bond acceptors (Lipinski definition) is 3. The molecule has 2 rings (SSSR count). The van der Waals surface area contributed by atoms with Crippen LogP contribution in [-0.2, 0) is 4.74 Å². The highest BCUT2D eigenvalue weighted by Crippen LogP contribution is 2.32. The van der Waals surface area contributed by atoms with Crippen molar-refractivity contribution < 1.29 is 4.74 Å². The van der Waals surface area contributed by atoms with E-state index in [0.717, 1.165) is 16.6 Å². The largest absolute Gasteiger partial charge is 0.370 e. The molecule has 72 valence electrons. The smallest absolute Gasteiger partial charge is 0.115 e. The number of aromatic nitrogens is 1. The summed E-state index contributed by atoms with van der Waals surface area (Å²) < 4.78 is 6.42. The molecule has 3 nitrogen and oxygen atoms in total. The molecule has 0 saturated carbocycles. The van der Waals surface area contributed by atoms with Gasteiger partial charge in [0.15, 0.2) is 0 Å². The Kier molecular flexibility index (Phi) is 2.80. The van der Waals surface area contributed by atoms with Crippen LogP contribution in [-0.4, -0.2) is 11.6 Å². The first-order valence-electron chi connectivity index (χ1n) is 4.44. The SMILES string of the molecule is N#CC1CCOC1c1ccc(Br)cn1. The first-order chi connectivity index (χ1) is 6.81. The second-order valence-electron chi connectivity index (χ2n) is 3.22. The highest BCUT2D eigenvalue weighted by atomic mass is 79.9. The van der Waals surface area contributed by atoms with Gasteiger partial charge in [-0.25, -0.2) is 0 Å². The summed E-state index contributed by atoms with van der Waals surface area (Å²) in [6, 6.07) is 6.06. The molecule has 4 heteroatoms. The van der Waals surface area contributed by atoms with Crippen LogP contribution in [0.4, 0.5) is 0 Å². The van der Waals surface area contributed by atoms with Crippen molar-refractivity contribution in [3.63, 3.8) is 0 Å². The van der Waals surface area contributed by atoms with Crippen molar-refractivity contribution in [2.75, 3.05) is 6.61 Å². The molecular weight excluding hydrogens is 244 g/mol. The van der Waals surface area contributed by atoms with Gasteiger partial charge in [0.2, 0.25) is 0 Å². The van der Waals surface area contributed by atoms with Gasteiger partial charge < -0.3 is 4.74 Å². The quantitative estimate of drug-likeness (QED) is 0.772. The summed E-state index contributed by atoms with van der Waals surface area (Å²) in [6.07, 6.45) is 2.39. The summed E-state index contributed by atoms with van der Waals surface area (Å²) in [5, 5.41) is 8.89. The maximum atomic E-state index is 8.89. The number of rotatable bonds is 1. The molecule has 0 amide bonds. The fourth-order valence-electron chi connectivity index (χ4n) is 1.57. The highest BCUT2D eigenvalue weighted by Gasteiger charge is 2.30. The zero-order valence-electron chi connectivity index (χ0n) is 7.48. The number of nitrogens with zero attached hydrogens (tertiary/aromatic N) is 2. The van der Waals surface area contributed by atoms with Crippen molar-refractivity contribution in [3.05, 3.63) is 28.5 Å². The summed E-state index contributed by atoms with van der Waals surface area (Å²) in [6.45, 7) is 0.653. The minimum absolute atomic E-state index is 0.0522. The van der Waals surface area contributed by atoms with Gasteiger partial charge in [-0.3, -0.25) is 4.98 Å². The van der Waals surface area contributed by atoms with Gasteiger partial charge in [-0.15, -0.1) is 0 Å². The van der Waals surface area contributed by atoms with E-state index in [1.807, 2.05) is 12.1 Å². The van der Waals surface area contributed by atoms with Gasteiger partial charge in [-0.05, 0) is 34.5 Å². The lowest BCUT2D eigenvalue weighted by molar-refractivity contribution is 0.0973. The number of ether oxygens (including phenoxy) is 1. The summed E-state index contributed by atoms with van der Waals surface area (Å²) >= 11 is 3.32. The molecule has 0 radical (unpaired) electrons. The molecule has 2 unspecified atom stereocenters. The molecule has 0 aliphatic carbocycles. The number of pyridine rings is 1. The van der Waals surface area contributed by atoms with E-state index in [9.17, 15) is 0 Å². The fraction of sp³-hybridized carbons (Fsp3) is 0.400. The highest BCUT2D eigenvalue weighted by molar-refractivity contribution is 9.10. The normalized spacial score (nSPS) is 26.0. The van der Waals surface area contributed by atoms with Crippen LogP contribution in [0.2, 0.25) is 0 Å². The second kappa shape index (κ2) is 4.07. The van der Waals surface area contributed by atoms with E-state index < -0.39 is 0 Å². The van der Waals surface area contributed by atoms with E-state index in [1.54, 1.807) is 6.20 Å². The summed E-state index contributed by atoms with van der Waals surface area (Å²) in [4.78, 5) is 4.24. The first-order valence-corrected chi connectivity index (χ1v) is 5.23. The monoisotopic (exact) mass is 252 g/mol. The van der Waals surface area contributed by atoms with Crippen LogP contribution in [0.1, 0.15) is 18.2 Å². The predicted octanol–water partition coefficient (Wildman–Crippen LogP) is 2.45. The third-order valence-electron chi connectivity index (χ3n) is 2.30. The second-order valence-corrected chi connectivity index (χ2v) is 4.13. The van der Waals surface area contributed by atoms with E-state index in [2.05, 4.69) is 27.0 Å². The molecule has 2 heterocycles. The number of hydrogen-bond donors (Lipinski definition) is 0. The van der Waals surface area contributed by atoms with E-state index >= 15 is 0 Å².